The highest BCUT2D eigenvalue weighted by Gasteiger charge is 2.32. The predicted octanol–water partition coefficient (Wildman–Crippen LogP) is 1.92. The number of amides is 1. The largest absolute Gasteiger partial charge is 0.449 e. The van der Waals surface area contributed by atoms with Gasteiger partial charge in [-0.1, -0.05) is 12.7 Å². The minimum Gasteiger partial charge on any atom is -0.449 e. The number of rotatable bonds is 7. The lowest BCUT2D eigenvalue weighted by molar-refractivity contribution is -0.0100. The number of aliphatic hydroxyl groups is 1. The van der Waals surface area contributed by atoms with Gasteiger partial charge in [0.2, 0.25) is 0 Å². The Labute approximate surface area is 158 Å². The molecule has 0 radical (unpaired) electrons. The number of nitrogens with zero attached hydrogens (tertiary/aromatic N) is 2. The Morgan fingerprint density at radius 1 is 1.59 bits per heavy atom. The topological polar surface area (TPSA) is 112 Å². The molecule has 0 bridgehead atoms. The van der Waals surface area contributed by atoms with E-state index in [0.717, 1.165) is 0 Å². The van der Waals surface area contributed by atoms with E-state index < -0.39 is 29.7 Å². The number of nitrogens with one attached hydrogen (secondary N) is 1. The number of aliphatic hydroxyl groups excluding tert-OH is 1. The Kier molecular flexibility index (Phi) is 6.74. The molecule has 1 aromatic heterocycles. The molecule has 3 atom stereocenters. The molecule has 27 heavy (non-hydrogen) atoms. The fourth-order valence-electron chi connectivity index (χ4n) is 2.54. The van der Waals surface area contributed by atoms with Crippen molar-refractivity contribution in [2.24, 2.45) is 0 Å². The first kappa shape index (κ1) is 21.1. The van der Waals surface area contributed by atoms with Crippen molar-refractivity contribution in [3.63, 3.8) is 0 Å². The van der Waals surface area contributed by atoms with Crippen molar-refractivity contribution in [2.45, 2.75) is 57.6 Å². The number of methoxy groups -OCH3 is 1. The second-order valence-corrected chi connectivity index (χ2v) is 7.01. The normalized spacial score (nSPS) is 22.5. The lowest BCUT2D eigenvalue weighted by Gasteiger charge is -2.22. The standard InChI is InChI=1S/C18H27N3O6/c1-6-12-10-21(14-9-13(22)11(2)27-14)16(23)19-15(12)20-17(24)26-8-7-18(3,4)25-5/h6,10-11,13-14,22H,1,7-9H2,2-5H3,(H,19,20,23,24). The van der Waals surface area contributed by atoms with Gasteiger partial charge in [-0.25, -0.2) is 9.59 Å². The zero-order valence-corrected chi connectivity index (χ0v) is 16.1. The Balaban J connectivity index is 2.07. The Hall–Kier alpha value is -2.23. The molecule has 1 aliphatic heterocycles. The molecule has 150 valence electrons. The predicted molar refractivity (Wildman–Crippen MR) is 99.5 cm³/mol. The molecular formula is C18H27N3O6. The van der Waals surface area contributed by atoms with Crippen LogP contribution in [0.15, 0.2) is 17.6 Å². The zero-order chi connectivity index (χ0) is 20.2. The molecule has 1 saturated heterocycles. The second-order valence-electron chi connectivity index (χ2n) is 7.01. The number of aromatic nitrogens is 2. The minimum absolute atomic E-state index is 0.0499. The highest BCUT2D eigenvalue weighted by molar-refractivity contribution is 5.85. The van der Waals surface area contributed by atoms with E-state index in [1.807, 2.05) is 13.8 Å². The molecule has 0 aliphatic carbocycles. The molecule has 1 aliphatic rings. The van der Waals surface area contributed by atoms with Crippen molar-refractivity contribution < 1.29 is 24.1 Å². The van der Waals surface area contributed by atoms with Gasteiger partial charge >= 0.3 is 11.8 Å². The van der Waals surface area contributed by atoms with Gasteiger partial charge in [-0.3, -0.25) is 9.88 Å². The Bertz CT molecular complexity index is 735. The van der Waals surface area contributed by atoms with Crippen LogP contribution in [0.3, 0.4) is 0 Å². The van der Waals surface area contributed by atoms with Gasteiger partial charge < -0.3 is 19.3 Å². The van der Waals surface area contributed by atoms with Gasteiger partial charge in [0.15, 0.2) is 0 Å². The Morgan fingerprint density at radius 3 is 2.85 bits per heavy atom. The van der Waals surface area contributed by atoms with Crippen LogP contribution in [0, 0.1) is 0 Å². The summed E-state index contributed by atoms with van der Waals surface area (Å²) in [6, 6.07) is 0. The van der Waals surface area contributed by atoms with Crippen LogP contribution >= 0.6 is 0 Å². The van der Waals surface area contributed by atoms with Crippen molar-refractivity contribution in [3.8, 4) is 0 Å². The maximum absolute atomic E-state index is 12.3. The van der Waals surface area contributed by atoms with Gasteiger partial charge in [0.1, 0.15) is 12.0 Å². The number of carbonyl (C=O) groups is 1. The van der Waals surface area contributed by atoms with Crippen molar-refractivity contribution in [2.75, 3.05) is 19.0 Å². The summed E-state index contributed by atoms with van der Waals surface area (Å²) < 4.78 is 17.2. The third-order valence-electron chi connectivity index (χ3n) is 4.58. The molecule has 2 rings (SSSR count). The smallest absolute Gasteiger partial charge is 0.412 e. The molecule has 2 heterocycles. The molecule has 2 N–H and O–H groups in total. The van der Waals surface area contributed by atoms with Gasteiger partial charge in [0, 0.05) is 31.7 Å². The van der Waals surface area contributed by atoms with Crippen molar-refractivity contribution in [1.29, 1.82) is 0 Å². The van der Waals surface area contributed by atoms with Crippen LogP contribution in [-0.2, 0) is 14.2 Å². The maximum atomic E-state index is 12.3. The van der Waals surface area contributed by atoms with Crippen molar-refractivity contribution >= 4 is 18.0 Å². The fourth-order valence-corrected chi connectivity index (χ4v) is 2.54. The van der Waals surface area contributed by atoms with Crippen LogP contribution in [0.5, 0.6) is 0 Å². The van der Waals surface area contributed by atoms with Gasteiger partial charge in [0.25, 0.3) is 0 Å². The monoisotopic (exact) mass is 381 g/mol. The quantitative estimate of drug-likeness (QED) is 0.742. The van der Waals surface area contributed by atoms with Crippen LogP contribution in [-0.4, -0.2) is 52.3 Å². The van der Waals surface area contributed by atoms with Crippen LogP contribution in [0.4, 0.5) is 10.6 Å². The third-order valence-corrected chi connectivity index (χ3v) is 4.58. The highest BCUT2D eigenvalue weighted by Crippen LogP contribution is 2.28. The van der Waals surface area contributed by atoms with E-state index in [9.17, 15) is 14.7 Å². The maximum Gasteiger partial charge on any atom is 0.412 e. The fraction of sp³-hybridized carbons (Fsp3) is 0.611. The molecule has 0 aromatic carbocycles. The van der Waals surface area contributed by atoms with Crippen LogP contribution in [0.2, 0.25) is 0 Å². The number of ether oxygens (including phenoxy) is 3. The molecule has 3 unspecified atom stereocenters. The highest BCUT2D eigenvalue weighted by atomic mass is 16.6. The second kappa shape index (κ2) is 8.64. The number of hydrogen-bond acceptors (Lipinski definition) is 7. The summed E-state index contributed by atoms with van der Waals surface area (Å²) in [5.74, 6) is 0.0499. The van der Waals surface area contributed by atoms with E-state index in [1.165, 1.54) is 16.8 Å². The third kappa shape index (κ3) is 5.38. The van der Waals surface area contributed by atoms with E-state index in [0.29, 0.717) is 12.0 Å². The summed E-state index contributed by atoms with van der Waals surface area (Å²) in [5, 5.41) is 12.3. The Morgan fingerprint density at radius 2 is 2.30 bits per heavy atom. The molecule has 9 heteroatoms. The van der Waals surface area contributed by atoms with Gasteiger partial charge in [-0.15, -0.1) is 0 Å². The van der Waals surface area contributed by atoms with E-state index >= 15 is 0 Å². The number of hydrogen-bond donors (Lipinski definition) is 2. The summed E-state index contributed by atoms with van der Waals surface area (Å²) in [7, 11) is 1.59. The molecular weight excluding hydrogens is 354 g/mol. The molecule has 1 aromatic rings. The summed E-state index contributed by atoms with van der Waals surface area (Å²) >= 11 is 0. The molecule has 9 nitrogen and oxygen atoms in total. The first-order chi connectivity index (χ1) is 12.7. The SMILES string of the molecule is C=Cc1cn(C2CC(O)C(C)O2)c(=O)nc1NC(=O)OCCC(C)(C)OC. The lowest BCUT2D eigenvalue weighted by Crippen LogP contribution is -2.30. The van der Waals surface area contributed by atoms with E-state index in [-0.39, 0.29) is 24.9 Å². The van der Waals surface area contributed by atoms with Gasteiger partial charge in [0.05, 0.1) is 24.4 Å². The summed E-state index contributed by atoms with van der Waals surface area (Å²) in [4.78, 5) is 28.2. The number of anilines is 1. The molecule has 0 saturated carbocycles. The van der Waals surface area contributed by atoms with Crippen molar-refractivity contribution in [1.82, 2.24) is 9.55 Å². The average Bonchev–Trinajstić information content (AvgIpc) is 2.93. The molecule has 1 amide bonds. The van der Waals surface area contributed by atoms with Crippen LogP contribution in [0.1, 0.15) is 45.4 Å². The van der Waals surface area contributed by atoms with Crippen LogP contribution < -0.4 is 11.0 Å². The van der Waals surface area contributed by atoms with E-state index in [2.05, 4.69) is 16.9 Å². The van der Waals surface area contributed by atoms with E-state index in [1.54, 1.807) is 14.0 Å². The summed E-state index contributed by atoms with van der Waals surface area (Å²) in [6.45, 7) is 9.33. The van der Waals surface area contributed by atoms with Gasteiger partial charge in [-0.2, -0.15) is 4.98 Å². The molecule has 1 fully saturated rings. The average molecular weight is 381 g/mol. The summed E-state index contributed by atoms with van der Waals surface area (Å²) in [6.07, 6.45) is 1.37. The van der Waals surface area contributed by atoms with Crippen LogP contribution in [0.25, 0.3) is 6.08 Å². The minimum atomic E-state index is -0.726. The summed E-state index contributed by atoms with van der Waals surface area (Å²) in [5.41, 5.74) is -0.585. The first-order valence-electron chi connectivity index (χ1n) is 8.75. The van der Waals surface area contributed by atoms with Gasteiger partial charge in [-0.05, 0) is 20.8 Å². The lowest BCUT2D eigenvalue weighted by atomic mass is 10.1. The van der Waals surface area contributed by atoms with E-state index in [4.69, 9.17) is 14.2 Å². The first-order valence-corrected chi connectivity index (χ1v) is 8.75. The zero-order valence-electron chi connectivity index (χ0n) is 16.1. The van der Waals surface area contributed by atoms with Crippen molar-refractivity contribution in [3.05, 3.63) is 28.8 Å². The molecule has 0 spiro atoms. The number of carbonyl (C=O) groups excluding carboxylic acids is 1.